The van der Waals surface area contributed by atoms with Crippen molar-refractivity contribution in [2.24, 2.45) is 0 Å². The Hall–Kier alpha value is -6.00. The monoisotopic (exact) mass is 659 g/mol. The van der Waals surface area contributed by atoms with Gasteiger partial charge in [0, 0.05) is 46.6 Å². The SMILES string of the molecule is O[N+]1(C2=CC=C(C3=CC=C(Nc4ccccc4-c4ccccc4-c4ccccc4)CC3)CC2)c2ccccc2-c2ccccc2-c2ccccc21. The van der Waals surface area contributed by atoms with Gasteiger partial charge < -0.3 is 5.32 Å². The molecule has 3 aliphatic rings. The first-order valence-electron chi connectivity index (χ1n) is 17.9. The van der Waals surface area contributed by atoms with Gasteiger partial charge in [0.1, 0.15) is 0 Å². The van der Waals surface area contributed by atoms with Crippen LogP contribution in [-0.4, -0.2) is 5.21 Å². The zero-order valence-corrected chi connectivity index (χ0v) is 28.5. The molecule has 1 heterocycles. The molecule has 0 saturated heterocycles. The van der Waals surface area contributed by atoms with Crippen molar-refractivity contribution < 1.29 is 5.21 Å². The Bertz CT molecular complexity index is 2350. The first kappa shape index (κ1) is 31.0. The Morgan fingerprint density at radius 1 is 0.392 bits per heavy atom. The largest absolute Gasteiger partial charge is 0.358 e. The molecule has 0 bridgehead atoms. The molecule has 246 valence electrons. The van der Waals surface area contributed by atoms with Gasteiger partial charge in [-0.15, -0.1) is 0 Å². The third kappa shape index (κ3) is 5.48. The van der Waals surface area contributed by atoms with E-state index in [0.29, 0.717) is 0 Å². The molecule has 6 aromatic carbocycles. The number of allylic oxidation sites excluding steroid dienone is 8. The summed E-state index contributed by atoms with van der Waals surface area (Å²) in [5.74, 6) is 0. The molecule has 0 unspecified atom stereocenters. The Labute approximate surface area is 300 Å². The summed E-state index contributed by atoms with van der Waals surface area (Å²) >= 11 is 0. The highest BCUT2D eigenvalue weighted by Crippen LogP contribution is 2.53. The number of hydrogen-bond acceptors (Lipinski definition) is 2. The van der Waals surface area contributed by atoms with Crippen molar-refractivity contribution in [1.29, 1.82) is 0 Å². The Morgan fingerprint density at radius 2 is 0.863 bits per heavy atom. The molecule has 51 heavy (non-hydrogen) atoms. The van der Waals surface area contributed by atoms with Crippen LogP contribution >= 0.6 is 0 Å². The number of hydroxylamine groups is 1. The predicted octanol–water partition coefficient (Wildman–Crippen LogP) is 13.0. The zero-order valence-electron chi connectivity index (χ0n) is 28.5. The number of nitrogens with zero attached hydrogens (tertiary/aromatic N) is 1. The lowest BCUT2D eigenvalue weighted by atomic mass is 9.89. The number of nitrogens with one attached hydrogen (secondary N) is 1. The molecule has 0 amide bonds. The van der Waals surface area contributed by atoms with Gasteiger partial charge in [-0.2, -0.15) is 0 Å². The number of anilines is 1. The summed E-state index contributed by atoms with van der Waals surface area (Å²) in [7, 11) is 0. The molecular formula is C48H39N2O+. The summed E-state index contributed by atoms with van der Waals surface area (Å²) < 4.78 is -0.315. The van der Waals surface area contributed by atoms with Crippen LogP contribution in [0.15, 0.2) is 199 Å². The Morgan fingerprint density at radius 3 is 1.43 bits per heavy atom. The Balaban J connectivity index is 1.02. The summed E-state index contributed by atoms with van der Waals surface area (Å²) in [6.45, 7) is 0. The highest BCUT2D eigenvalue weighted by Gasteiger charge is 2.44. The second-order valence-corrected chi connectivity index (χ2v) is 13.5. The van der Waals surface area contributed by atoms with Gasteiger partial charge in [-0.1, -0.05) is 138 Å². The van der Waals surface area contributed by atoms with Gasteiger partial charge in [0.05, 0.1) is 0 Å². The molecule has 0 atom stereocenters. The summed E-state index contributed by atoms with van der Waals surface area (Å²) in [6, 6.07) is 53.0. The average Bonchev–Trinajstić information content (AvgIpc) is 3.30. The molecule has 6 aromatic rings. The minimum atomic E-state index is -0.315. The van der Waals surface area contributed by atoms with Gasteiger partial charge in [0.25, 0.3) is 0 Å². The van der Waals surface area contributed by atoms with Gasteiger partial charge in [-0.25, -0.2) is 5.21 Å². The average molecular weight is 660 g/mol. The van der Waals surface area contributed by atoms with Crippen molar-refractivity contribution >= 4 is 17.1 Å². The minimum absolute atomic E-state index is 0.315. The van der Waals surface area contributed by atoms with E-state index in [1.54, 1.807) is 0 Å². The predicted molar refractivity (Wildman–Crippen MR) is 212 cm³/mol. The molecule has 9 rings (SSSR count). The molecule has 0 aromatic heterocycles. The molecule has 2 aliphatic carbocycles. The standard InChI is InChI=1S/C48H39N2O/c51-50(47-24-12-9-21-44(47)41-18-6-7-19-42(41)45-22-10-13-25-48(45)50)38-32-28-35(29-33-38)34-26-30-37(31-27-34)49-46-23-11-8-20-43(46)40-17-5-4-16-39(40)36-14-2-1-3-15-36/h1-26,28,30,32,49,51H,27,29,31,33H2/q+1. The number of rotatable bonds is 6. The fourth-order valence-corrected chi connectivity index (χ4v) is 8.12. The maximum Gasteiger partial charge on any atom is 0.183 e. The second kappa shape index (κ2) is 13.0. The first-order chi connectivity index (χ1) is 25.2. The van der Waals surface area contributed by atoms with Crippen molar-refractivity contribution in [3.05, 3.63) is 199 Å². The molecule has 1 aliphatic heterocycles. The van der Waals surface area contributed by atoms with Crippen LogP contribution in [0, 0.1) is 0 Å². The molecule has 2 N–H and O–H groups in total. The highest BCUT2D eigenvalue weighted by atomic mass is 16.5. The lowest BCUT2D eigenvalue weighted by Crippen LogP contribution is -2.40. The first-order valence-corrected chi connectivity index (χ1v) is 17.9. The van der Waals surface area contributed by atoms with E-state index in [9.17, 15) is 5.21 Å². The van der Waals surface area contributed by atoms with Gasteiger partial charge >= 0.3 is 0 Å². The van der Waals surface area contributed by atoms with E-state index in [-0.39, 0.29) is 4.65 Å². The van der Waals surface area contributed by atoms with Gasteiger partial charge in [-0.05, 0) is 88.6 Å². The third-order valence-electron chi connectivity index (χ3n) is 10.6. The normalized spacial score (nSPS) is 15.9. The van der Waals surface area contributed by atoms with Crippen molar-refractivity contribution in [2.75, 3.05) is 5.32 Å². The zero-order chi connectivity index (χ0) is 34.2. The smallest absolute Gasteiger partial charge is 0.183 e. The van der Waals surface area contributed by atoms with Crippen LogP contribution in [0.1, 0.15) is 25.7 Å². The minimum Gasteiger partial charge on any atom is -0.358 e. The van der Waals surface area contributed by atoms with E-state index >= 15 is 0 Å². The van der Waals surface area contributed by atoms with Crippen LogP contribution < -0.4 is 9.96 Å². The van der Waals surface area contributed by atoms with E-state index in [4.69, 9.17) is 0 Å². The maximum atomic E-state index is 12.9. The van der Waals surface area contributed by atoms with Gasteiger partial charge in [-0.3, -0.25) is 0 Å². The molecule has 0 spiro atoms. The van der Waals surface area contributed by atoms with Crippen LogP contribution in [0.25, 0.3) is 44.5 Å². The number of quaternary nitrogens is 1. The van der Waals surface area contributed by atoms with Crippen molar-refractivity contribution in [3.8, 4) is 44.5 Å². The second-order valence-electron chi connectivity index (χ2n) is 13.5. The number of fused-ring (bicyclic) bond motifs is 5. The fraction of sp³-hybridized carbons (Fsp3) is 0.0833. The van der Waals surface area contributed by atoms with E-state index in [2.05, 4.69) is 169 Å². The molecule has 0 saturated carbocycles. The lowest BCUT2D eigenvalue weighted by Gasteiger charge is -2.33. The molecule has 0 radical (unpaired) electrons. The van der Waals surface area contributed by atoms with Gasteiger partial charge in [0.15, 0.2) is 17.1 Å². The lowest BCUT2D eigenvalue weighted by molar-refractivity contribution is 0.00941. The van der Waals surface area contributed by atoms with Gasteiger partial charge in [0.2, 0.25) is 0 Å². The molecule has 0 fully saturated rings. The molecule has 3 heteroatoms. The number of para-hydroxylation sites is 3. The summed E-state index contributed by atoms with van der Waals surface area (Å²) in [5, 5.41) is 16.7. The molecule has 3 nitrogen and oxygen atoms in total. The van der Waals surface area contributed by atoms with Crippen LogP contribution in [0.4, 0.5) is 17.1 Å². The van der Waals surface area contributed by atoms with E-state index < -0.39 is 0 Å². The van der Waals surface area contributed by atoms with Crippen LogP contribution in [0.5, 0.6) is 0 Å². The maximum absolute atomic E-state index is 12.9. The van der Waals surface area contributed by atoms with Crippen LogP contribution in [-0.2, 0) is 0 Å². The Kier molecular flexibility index (Phi) is 7.93. The summed E-state index contributed by atoms with van der Waals surface area (Å²) in [5.41, 5.74) is 17.1. The number of hydrogen-bond donors (Lipinski definition) is 2. The van der Waals surface area contributed by atoms with E-state index in [1.165, 1.54) is 39.1 Å². The third-order valence-corrected chi connectivity index (χ3v) is 10.6. The van der Waals surface area contributed by atoms with Crippen molar-refractivity contribution in [1.82, 2.24) is 4.65 Å². The van der Waals surface area contributed by atoms with Crippen molar-refractivity contribution in [3.63, 3.8) is 0 Å². The fourth-order valence-electron chi connectivity index (χ4n) is 8.12. The molecular weight excluding hydrogens is 621 g/mol. The van der Waals surface area contributed by atoms with E-state index in [0.717, 1.165) is 70.7 Å². The highest BCUT2D eigenvalue weighted by molar-refractivity contribution is 5.98. The van der Waals surface area contributed by atoms with Crippen LogP contribution in [0.2, 0.25) is 0 Å². The van der Waals surface area contributed by atoms with E-state index in [1.807, 2.05) is 12.1 Å². The number of benzene rings is 6. The summed E-state index contributed by atoms with van der Waals surface area (Å²) in [4.78, 5) is 0. The van der Waals surface area contributed by atoms with Crippen LogP contribution in [0.3, 0.4) is 0 Å². The quantitative estimate of drug-likeness (QED) is 0.174. The summed E-state index contributed by atoms with van der Waals surface area (Å²) in [6.07, 6.45) is 12.5. The van der Waals surface area contributed by atoms with Crippen molar-refractivity contribution in [2.45, 2.75) is 25.7 Å². The topological polar surface area (TPSA) is 32.3 Å².